The summed E-state index contributed by atoms with van der Waals surface area (Å²) in [4.78, 5) is 35.0. The summed E-state index contributed by atoms with van der Waals surface area (Å²) < 4.78 is 10.4. The van der Waals surface area contributed by atoms with E-state index in [4.69, 9.17) is 14.6 Å². The van der Waals surface area contributed by atoms with Crippen LogP contribution in [-0.2, 0) is 19.1 Å². The summed E-state index contributed by atoms with van der Waals surface area (Å²) in [6, 6.07) is -0.562. The van der Waals surface area contributed by atoms with E-state index in [0.717, 1.165) is 6.42 Å². The minimum Gasteiger partial charge on any atom is -0.481 e. The zero-order valence-corrected chi connectivity index (χ0v) is 16.4. The monoisotopic (exact) mass is 359 g/mol. The van der Waals surface area contributed by atoms with Crippen molar-refractivity contribution in [3.05, 3.63) is 0 Å². The van der Waals surface area contributed by atoms with E-state index in [9.17, 15) is 14.4 Å². The maximum absolute atomic E-state index is 12.2. The van der Waals surface area contributed by atoms with E-state index in [0.29, 0.717) is 0 Å². The lowest BCUT2D eigenvalue weighted by Crippen LogP contribution is -2.45. The van der Waals surface area contributed by atoms with Crippen LogP contribution in [0, 0.1) is 23.7 Å². The predicted octanol–water partition coefficient (Wildman–Crippen LogP) is 3.42. The lowest BCUT2D eigenvalue weighted by molar-refractivity contribution is -0.178. The SMILES string of the molecule is CC[C@@H](C)[C@@H](C)[C@@H](CC(=O)O)NC(=O)O[C@@H](OC(=O)C(C)C)C(C)C. The van der Waals surface area contributed by atoms with Gasteiger partial charge in [-0.25, -0.2) is 4.79 Å². The van der Waals surface area contributed by atoms with Crippen molar-refractivity contribution in [3.8, 4) is 0 Å². The van der Waals surface area contributed by atoms with Gasteiger partial charge in [-0.2, -0.15) is 0 Å². The summed E-state index contributed by atoms with van der Waals surface area (Å²) in [6.45, 7) is 12.8. The number of aliphatic carboxylic acids is 1. The van der Waals surface area contributed by atoms with Crippen molar-refractivity contribution in [2.75, 3.05) is 0 Å². The van der Waals surface area contributed by atoms with Crippen molar-refractivity contribution in [1.29, 1.82) is 0 Å². The number of esters is 1. The van der Waals surface area contributed by atoms with Crippen LogP contribution in [0.25, 0.3) is 0 Å². The molecule has 0 aromatic heterocycles. The number of hydrogen-bond acceptors (Lipinski definition) is 5. The highest BCUT2D eigenvalue weighted by molar-refractivity contribution is 5.73. The number of alkyl carbamates (subject to hydrolysis) is 1. The van der Waals surface area contributed by atoms with Gasteiger partial charge in [-0.15, -0.1) is 0 Å². The van der Waals surface area contributed by atoms with Crippen LogP contribution in [0.4, 0.5) is 4.79 Å². The van der Waals surface area contributed by atoms with Crippen LogP contribution in [0.2, 0.25) is 0 Å². The van der Waals surface area contributed by atoms with E-state index in [1.165, 1.54) is 0 Å². The molecule has 0 radical (unpaired) electrons. The first-order chi connectivity index (χ1) is 11.5. The van der Waals surface area contributed by atoms with Crippen molar-refractivity contribution in [2.45, 2.75) is 73.6 Å². The average Bonchev–Trinajstić information content (AvgIpc) is 2.51. The Labute approximate surface area is 150 Å². The highest BCUT2D eigenvalue weighted by Gasteiger charge is 2.29. The van der Waals surface area contributed by atoms with E-state index in [1.54, 1.807) is 27.7 Å². The Morgan fingerprint density at radius 1 is 1.00 bits per heavy atom. The second-order valence-corrected chi connectivity index (χ2v) is 7.20. The van der Waals surface area contributed by atoms with Gasteiger partial charge in [0.15, 0.2) is 0 Å². The fraction of sp³-hybridized carbons (Fsp3) is 0.833. The van der Waals surface area contributed by atoms with Crippen molar-refractivity contribution in [3.63, 3.8) is 0 Å². The predicted molar refractivity (Wildman–Crippen MR) is 93.8 cm³/mol. The summed E-state index contributed by atoms with van der Waals surface area (Å²) in [5.41, 5.74) is 0. The van der Waals surface area contributed by atoms with Crippen molar-refractivity contribution in [1.82, 2.24) is 5.32 Å². The zero-order valence-electron chi connectivity index (χ0n) is 16.4. The number of carbonyl (C=O) groups is 3. The number of nitrogens with one attached hydrogen (secondary N) is 1. The summed E-state index contributed by atoms with van der Waals surface area (Å²) in [5.74, 6) is -1.81. The third-order valence-corrected chi connectivity index (χ3v) is 4.35. The second kappa shape index (κ2) is 10.9. The quantitative estimate of drug-likeness (QED) is 0.458. The Morgan fingerprint density at radius 2 is 1.56 bits per heavy atom. The van der Waals surface area contributed by atoms with Crippen LogP contribution in [0.15, 0.2) is 0 Å². The van der Waals surface area contributed by atoms with Crippen LogP contribution >= 0.6 is 0 Å². The average molecular weight is 359 g/mol. The number of carboxylic acid groups (broad SMARTS) is 1. The van der Waals surface area contributed by atoms with E-state index in [1.807, 2.05) is 20.8 Å². The van der Waals surface area contributed by atoms with E-state index >= 15 is 0 Å². The molecule has 7 heteroatoms. The molecule has 0 saturated carbocycles. The molecule has 1 amide bonds. The van der Waals surface area contributed by atoms with Gasteiger partial charge < -0.3 is 19.9 Å². The molecule has 0 saturated heterocycles. The van der Waals surface area contributed by atoms with Crippen molar-refractivity contribution >= 4 is 18.0 Å². The minimum absolute atomic E-state index is 0.0376. The number of carbonyl (C=O) groups excluding carboxylic acids is 2. The first-order valence-corrected chi connectivity index (χ1v) is 8.88. The third kappa shape index (κ3) is 8.74. The van der Waals surface area contributed by atoms with Gasteiger partial charge in [-0.3, -0.25) is 9.59 Å². The molecule has 7 nitrogen and oxygen atoms in total. The smallest absolute Gasteiger partial charge is 0.410 e. The molecular formula is C18H33NO6. The Kier molecular flexibility index (Phi) is 10.2. The first kappa shape index (κ1) is 23.2. The molecule has 0 heterocycles. The van der Waals surface area contributed by atoms with Crippen LogP contribution in [0.3, 0.4) is 0 Å². The second-order valence-electron chi connectivity index (χ2n) is 7.20. The molecule has 0 spiro atoms. The van der Waals surface area contributed by atoms with Gasteiger partial charge >= 0.3 is 18.0 Å². The van der Waals surface area contributed by atoms with E-state index < -0.39 is 30.4 Å². The molecule has 0 aromatic carbocycles. The van der Waals surface area contributed by atoms with Gasteiger partial charge in [0.2, 0.25) is 0 Å². The molecule has 0 aliphatic rings. The molecule has 0 unspecified atom stereocenters. The fourth-order valence-corrected chi connectivity index (χ4v) is 2.16. The molecule has 0 rings (SSSR count). The molecule has 25 heavy (non-hydrogen) atoms. The van der Waals surface area contributed by atoms with E-state index in [-0.39, 0.29) is 30.1 Å². The molecule has 2 N–H and O–H groups in total. The molecule has 146 valence electrons. The lowest BCUT2D eigenvalue weighted by Gasteiger charge is -2.29. The van der Waals surface area contributed by atoms with Crippen molar-refractivity contribution in [2.24, 2.45) is 23.7 Å². The summed E-state index contributed by atoms with van der Waals surface area (Å²) in [5, 5.41) is 11.7. The van der Waals surface area contributed by atoms with Gasteiger partial charge in [-0.1, -0.05) is 54.9 Å². The molecule has 4 atom stereocenters. The summed E-state index contributed by atoms with van der Waals surface area (Å²) >= 11 is 0. The van der Waals surface area contributed by atoms with Crippen LogP contribution in [0.1, 0.15) is 61.3 Å². The lowest BCUT2D eigenvalue weighted by atomic mass is 9.85. The Morgan fingerprint density at radius 3 is 1.96 bits per heavy atom. The third-order valence-electron chi connectivity index (χ3n) is 4.35. The topological polar surface area (TPSA) is 102 Å². The number of amides is 1. The molecule has 0 aromatic rings. The minimum atomic E-state index is -1.01. The molecule has 0 aliphatic heterocycles. The van der Waals surface area contributed by atoms with Gasteiger partial charge in [0.05, 0.1) is 12.3 Å². The number of hydrogen-bond donors (Lipinski definition) is 2. The van der Waals surface area contributed by atoms with Crippen molar-refractivity contribution < 1.29 is 29.0 Å². The fourth-order valence-electron chi connectivity index (χ4n) is 2.16. The largest absolute Gasteiger partial charge is 0.481 e. The summed E-state index contributed by atoms with van der Waals surface area (Å²) in [6.07, 6.45) is -1.12. The number of carboxylic acids is 1. The number of rotatable bonds is 10. The zero-order chi connectivity index (χ0) is 19.7. The van der Waals surface area contributed by atoms with E-state index in [2.05, 4.69) is 5.32 Å². The highest BCUT2D eigenvalue weighted by atomic mass is 16.7. The molecular weight excluding hydrogens is 326 g/mol. The normalized spacial score (nSPS) is 16.0. The van der Waals surface area contributed by atoms with Gasteiger partial charge in [0.25, 0.3) is 6.29 Å². The Bertz CT molecular complexity index is 449. The van der Waals surface area contributed by atoms with Gasteiger partial charge in [0.1, 0.15) is 0 Å². The molecule has 0 bridgehead atoms. The maximum Gasteiger partial charge on any atom is 0.410 e. The maximum atomic E-state index is 12.2. The number of ether oxygens (including phenoxy) is 2. The van der Waals surface area contributed by atoms with Gasteiger partial charge in [-0.05, 0) is 11.8 Å². The standard InChI is InChI=1S/C18H33NO6/c1-8-12(6)13(7)14(9-15(20)21)19-18(23)25-17(11(4)5)24-16(22)10(2)3/h10-14,17H,8-9H2,1-7H3,(H,19,23)(H,20,21)/t12-,13-,14-,17-/m1/s1. The summed E-state index contributed by atoms with van der Waals surface area (Å²) in [7, 11) is 0. The Balaban J connectivity index is 4.95. The first-order valence-electron chi connectivity index (χ1n) is 8.88. The van der Waals surface area contributed by atoms with Crippen LogP contribution in [-0.4, -0.2) is 35.5 Å². The van der Waals surface area contributed by atoms with Gasteiger partial charge in [0, 0.05) is 12.0 Å². The Hall–Kier alpha value is -1.79. The molecule has 0 fully saturated rings. The molecule has 0 aliphatic carbocycles. The highest BCUT2D eigenvalue weighted by Crippen LogP contribution is 2.21. The van der Waals surface area contributed by atoms with Crippen LogP contribution < -0.4 is 5.32 Å². The van der Waals surface area contributed by atoms with Crippen LogP contribution in [0.5, 0.6) is 0 Å².